The molecule has 6 heteroatoms. The number of aromatic nitrogens is 2. The number of nitrogens with zero attached hydrogens (tertiary/aromatic N) is 2. The maximum absolute atomic E-state index is 5.83. The van der Waals surface area contributed by atoms with E-state index >= 15 is 0 Å². The van der Waals surface area contributed by atoms with Crippen molar-refractivity contribution in [3.8, 4) is 5.88 Å². The van der Waals surface area contributed by atoms with E-state index in [1.165, 1.54) is 11.8 Å². The van der Waals surface area contributed by atoms with Crippen LogP contribution in [-0.2, 0) is 0 Å². The van der Waals surface area contributed by atoms with E-state index in [9.17, 15) is 0 Å². The Morgan fingerprint density at radius 1 is 1.29 bits per heavy atom. The molecular formula is C11H10ClN3OS. The van der Waals surface area contributed by atoms with Crippen molar-refractivity contribution >= 4 is 29.1 Å². The fourth-order valence-electron chi connectivity index (χ4n) is 1.15. The lowest BCUT2D eigenvalue weighted by atomic mass is 10.4. The van der Waals surface area contributed by atoms with Gasteiger partial charge in [-0.3, -0.25) is 0 Å². The van der Waals surface area contributed by atoms with Gasteiger partial charge < -0.3 is 10.5 Å². The molecule has 0 spiro atoms. The Morgan fingerprint density at radius 2 is 2.12 bits per heavy atom. The summed E-state index contributed by atoms with van der Waals surface area (Å²) in [5, 5.41) is 2.04. The second-order valence-corrected chi connectivity index (χ2v) is 4.61. The highest BCUT2D eigenvalue weighted by molar-refractivity contribution is 7.99. The van der Waals surface area contributed by atoms with Crippen molar-refractivity contribution in [3.05, 3.63) is 35.5 Å². The van der Waals surface area contributed by atoms with E-state index in [0.717, 1.165) is 5.03 Å². The van der Waals surface area contributed by atoms with E-state index in [1.807, 2.05) is 6.07 Å². The van der Waals surface area contributed by atoms with Crippen molar-refractivity contribution in [3.63, 3.8) is 0 Å². The minimum Gasteiger partial charge on any atom is -0.481 e. The number of halogens is 1. The van der Waals surface area contributed by atoms with Crippen LogP contribution in [0, 0.1) is 0 Å². The molecule has 0 saturated heterocycles. The topological polar surface area (TPSA) is 61.0 Å². The van der Waals surface area contributed by atoms with Crippen LogP contribution in [0.3, 0.4) is 0 Å². The van der Waals surface area contributed by atoms with Crippen molar-refractivity contribution in [2.75, 3.05) is 12.8 Å². The van der Waals surface area contributed by atoms with Crippen LogP contribution in [0.4, 0.5) is 5.69 Å². The van der Waals surface area contributed by atoms with Gasteiger partial charge in [-0.1, -0.05) is 11.6 Å². The highest BCUT2D eigenvalue weighted by Crippen LogP contribution is 2.30. The average molecular weight is 268 g/mol. The van der Waals surface area contributed by atoms with Crippen molar-refractivity contribution < 1.29 is 4.74 Å². The number of anilines is 1. The minimum atomic E-state index is 0.524. The van der Waals surface area contributed by atoms with E-state index in [2.05, 4.69) is 9.97 Å². The molecule has 0 aromatic carbocycles. The molecule has 0 bridgehead atoms. The molecule has 2 heterocycles. The molecule has 2 aromatic rings. The molecule has 0 amide bonds. The van der Waals surface area contributed by atoms with Gasteiger partial charge in [-0.05, 0) is 30.0 Å². The largest absolute Gasteiger partial charge is 0.481 e. The maximum atomic E-state index is 5.83. The van der Waals surface area contributed by atoms with Crippen LogP contribution in [0.25, 0.3) is 0 Å². The molecule has 0 radical (unpaired) electrons. The van der Waals surface area contributed by atoms with E-state index in [0.29, 0.717) is 21.6 Å². The van der Waals surface area contributed by atoms with Crippen LogP contribution in [0.15, 0.2) is 40.5 Å². The first-order chi connectivity index (χ1) is 8.19. The molecule has 88 valence electrons. The molecule has 17 heavy (non-hydrogen) atoms. The molecule has 2 rings (SSSR count). The van der Waals surface area contributed by atoms with Gasteiger partial charge >= 0.3 is 0 Å². The summed E-state index contributed by atoms with van der Waals surface area (Å²) in [5.41, 5.74) is 6.42. The molecule has 4 nitrogen and oxygen atoms in total. The van der Waals surface area contributed by atoms with Crippen molar-refractivity contribution in [2.45, 2.75) is 10.1 Å². The number of hydrogen-bond donors (Lipinski definition) is 1. The average Bonchev–Trinajstić information content (AvgIpc) is 2.35. The zero-order valence-electron chi connectivity index (χ0n) is 9.05. The lowest BCUT2D eigenvalue weighted by Gasteiger charge is -2.05. The predicted molar refractivity (Wildman–Crippen MR) is 68.6 cm³/mol. The number of nitrogens with two attached hydrogens (primary N) is 1. The van der Waals surface area contributed by atoms with Gasteiger partial charge in [0.05, 0.1) is 17.8 Å². The third kappa shape index (κ3) is 3.01. The van der Waals surface area contributed by atoms with Crippen molar-refractivity contribution in [2.24, 2.45) is 0 Å². The molecule has 0 fully saturated rings. The SMILES string of the molecule is COc1ccc(N)c(Sc2ccc(Cl)cn2)n1. The predicted octanol–water partition coefficient (Wildman–Crippen LogP) is 2.87. The number of rotatable bonds is 3. The normalized spacial score (nSPS) is 10.2. The summed E-state index contributed by atoms with van der Waals surface area (Å²) in [6.45, 7) is 0. The van der Waals surface area contributed by atoms with Crippen LogP contribution in [0.2, 0.25) is 5.02 Å². The molecule has 2 N–H and O–H groups in total. The van der Waals surface area contributed by atoms with Gasteiger partial charge in [-0.25, -0.2) is 9.97 Å². The second kappa shape index (κ2) is 5.25. The molecule has 0 saturated carbocycles. The number of ether oxygens (including phenoxy) is 1. The third-order valence-electron chi connectivity index (χ3n) is 1.97. The molecule has 0 unspecified atom stereocenters. The summed E-state index contributed by atoms with van der Waals surface area (Å²) in [5.74, 6) is 0.524. The van der Waals surface area contributed by atoms with Gasteiger partial charge in [0, 0.05) is 12.3 Å². The first-order valence-corrected chi connectivity index (χ1v) is 5.98. The molecule has 0 aliphatic rings. The second-order valence-electron chi connectivity index (χ2n) is 3.16. The summed E-state index contributed by atoms with van der Waals surface area (Å²) in [7, 11) is 1.56. The summed E-state index contributed by atoms with van der Waals surface area (Å²) < 4.78 is 5.05. The van der Waals surface area contributed by atoms with Crippen molar-refractivity contribution in [1.29, 1.82) is 0 Å². The smallest absolute Gasteiger partial charge is 0.214 e. The van der Waals surface area contributed by atoms with Gasteiger partial charge in [0.15, 0.2) is 0 Å². The van der Waals surface area contributed by atoms with Crippen LogP contribution in [-0.4, -0.2) is 17.1 Å². The number of hydrogen-bond acceptors (Lipinski definition) is 5. The van der Waals surface area contributed by atoms with Crippen LogP contribution in [0.1, 0.15) is 0 Å². The Bertz CT molecular complexity index is 519. The van der Waals surface area contributed by atoms with E-state index in [4.69, 9.17) is 22.1 Å². The van der Waals surface area contributed by atoms with Crippen LogP contribution >= 0.6 is 23.4 Å². The fraction of sp³-hybridized carbons (Fsp3) is 0.0909. The lowest BCUT2D eigenvalue weighted by molar-refractivity contribution is 0.395. The number of pyridine rings is 2. The molecular weight excluding hydrogens is 258 g/mol. The summed E-state index contributed by atoms with van der Waals surface area (Å²) in [6.07, 6.45) is 1.58. The zero-order valence-corrected chi connectivity index (χ0v) is 10.6. The Morgan fingerprint density at radius 3 is 2.76 bits per heavy atom. The monoisotopic (exact) mass is 267 g/mol. The maximum Gasteiger partial charge on any atom is 0.214 e. The molecule has 0 atom stereocenters. The summed E-state index contributed by atoms with van der Waals surface area (Å²) >= 11 is 7.13. The highest BCUT2D eigenvalue weighted by atomic mass is 35.5. The van der Waals surface area contributed by atoms with Crippen LogP contribution < -0.4 is 10.5 Å². The van der Waals surface area contributed by atoms with Gasteiger partial charge in [-0.2, -0.15) is 0 Å². The van der Waals surface area contributed by atoms with Gasteiger partial charge in [0.25, 0.3) is 0 Å². The van der Waals surface area contributed by atoms with E-state index in [1.54, 1.807) is 31.5 Å². The Balaban J connectivity index is 2.25. The van der Waals surface area contributed by atoms with Gasteiger partial charge in [0.1, 0.15) is 10.1 Å². The lowest BCUT2D eigenvalue weighted by Crippen LogP contribution is -1.95. The molecule has 2 aromatic heterocycles. The first-order valence-electron chi connectivity index (χ1n) is 4.79. The summed E-state index contributed by atoms with van der Waals surface area (Å²) in [4.78, 5) is 8.42. The third-order valence-corrected chi connectivity index (χ3v) is 3.17. The number of methoxy groups -OCH3 is 1. The zero-order chi connectivity index (χ0) is 12.3. The van der Waals surface area contributed by atoms with Crippen molar-refractivity contribution in [1.82, 2.24) is 9.97 Å². The highest BCUT2D eigenvalue weighted by Gasteiger charge is 2.06. The Labute approximate surface area is 108 Å². The number of nitrogen functional groups attached to an aromatic ring is 1. The van der Waals surface area contributed by atoms with Gasteiger partial charge in [0.2, 0.25) is 5.88 Å². The van der Waals surface area contributed by atoms with Gasteiger partial charge in [-0.15, -0.1) is 0 Å². The minimum absolute atomic E-state index is 0.524. The van der Waals surface area contributed by atoms with Crippen LogP contribution in [0.5, 0.6) is 5.88 Å². The quantitative estimate of drug-likeness (QED) is 0.927. The Kier molecular flexibility index (Phi) is 3.71. The fourth-order valence-corrected chi connectivity index (χ4v) is 2.02. The molecule has 0 aliphatic heterocycles. The molecule has 0 aliphatic carbocycles. The van der Waals surface area contributed by atoms with E-state index < -0.39 is 0 Å². The van der Waals surface area contributed by atoms with E-state index in [-0.39, 0.29) is 0 Å². The summed E-state index contributed by atoms with van der Waals surface area (Å²) in [6, 6.07) is 7.06. The first kappa shape index (κ1) is 12.0. The Hall–Kier alpha value is -1.46. The standard InChI is InChI=1S/C11H10ClN3OS/c1-16-9-4-3-8(13)11(15-9)17-10-5-2-7(12)6-14-10/h2-6H,13H2,1H3.